The minimum atomic E-state index is -1.96. The number of rotatable bonds is 21. The molecule has 0 unspecified atom stereocenters. The van der Waals surface area contributed by atoms with Crippen LogP contribution in [0, 0.1) is 0 Å². The largest absolute Gasteiger partial charge is 0.394 e. The van der Waals surface area contributed by atoms with Crippen molar-refractivity contribution < 1.29 is 65.2 Å². The molecule has 0 saturated heterocycles. The van der Waals surface area contributed by atoms with Crippen LogP contribution in [0.5, 0.6) is 0 Å². The maximum absolute atomic E-state index is 13.3. The van der Waals surface area contributed by atoms with Gasteiger partial charge in [-0.15, -0.1) is 0 Å². The van der Waals surface area contributed by atoms with E-state index < -0.39 is 86.9 Å². The Hall–Kier alpha value is -3.84. The topological polar surface area (TPSA) is 350 Å². The highest BCUT2D eigenvalue weighted by Gasteiger charge is 2.34. The number of amides is 2. The maximum atomic E-state index is 13.3. The normalized spacial score (nSPS) is 16.4. The molecule has 8 atom stereocenters. The monoisotopic (exact) mass is 788 g/mol. The third-order valence-electron chi connectivity index (χ3n) is 8.86. The minimum Gasteiger partial charge on any atom is -0.394 e. The summed E-state index contributed by atoms with van der Waals surface area (Å²) in [5.74, 6) is -0.761. The van der Waals surface area contributed by atoms with Crippen molar-refractivity contribution in [2.75, 3.05) is 50.9 Å². The van der Waals surface area contributed by atoms with Crippen LogP contribution >= 0.6 is 11.6 Å². The van der Waals surface area contributed by atoms with E-state index in [2.05, 4.69) is 20.6 Å². The van der Waals surface area contributed by atoms with Gasteiger partial charge in [0.1, 0.15) is 43.2 Å². The van der Waals surface area contributed by atoms with Crippen LogP contribution in [0.3, 0.4) is 0 Å². The molecule has 2 aromatic heterocycles. The maximum Gasteiger partial charge on any atom is 0.277 e. The van der Waals surface area contributed by atoms with Gasteiger partial charge >= 0.3 is 0 Å². The Morgan fingerprint density at radius 3 is 1.91 bits per heavy atom. The van der Waals surface area contributed by atoms with Gasteiger partial charge in [-0.2, -0.15) is 0 Å². The Bertz CT molecular complexity index is 1690. The summed E-state index contributed by atoms with van der Waals surface area (Å²) >= 11 is 5.93. The fourth-order valence-electron chi connectivity index (χ4n) is 5.84. The average Bonchev–Trinajstić information content (AvgIpc) is 3.47. The van der Waals surface area contributed by atoms with Crippen molar-refractivity contribution in [2.45, 2.75) is 82.3 Å². The van der Waals surface area contributed by atoms with Gasteiger partial charge in [-0.25, -0.2) is 19.1 Å². The summed E-state index contributed by atoms with van der Waals surface area (Å²) in [5.41, 5.74) is 12.9. The van der Waals surface area contributed by atoms with Crippen molar-refractivity contribution in [1.82, 2.24) is 30.1 Å². The summed E-state index contributed by atoms with van der Waals surface area (Å²) in [7, 11) is 0. The highest BCUT2D eigenvalue weighted by Crippen LogP contribution is 2.20. The molecule has 0 spiro atoms. The second-order valence-corrected chi connectivity index (χ2v) is 12.9. The second kappa shape index (κ2) is 20.2. The number of aromatic nitrogens is 4. The Balaban J connectivity index is 1.78. The van der Waals surface area contributed by atoms with Crippen molar-refractivity contribution in [3.05, 3.63) is 40.4 Å². The number of nitrogen functional groups attached to an aromatic ring is 2. The molecule has 0 aliphatic rings. The summed E-state index contributed by atoms with van der Waals surface area (Å²) in [5, 5.41) is 105. The third-order valence-corrected chi connectivity index (χ3v) is 9.13. The lowest BCUT2D eigenvalue weighted by Crippen LogP contribution is -2.54. The Labute approximate surface area is 314 Å². The third kappa shape index (κ3) is 10.7. The Morgan fingerprint density at radius 1 is 0.833 bits per heavy atom. The zero-order valence-electron chi connectivity index (χ0n) is 29.8. The molecule has 0 aliphatic carbocycles. The van der Waals surface area contributed by atoms with Crippen LogP contribution in [0.4, 0.5) is 11.6 Å². The molecule has 3 aromatic rings. The first-order chi connectivity index (χ1) is 25.5. The number of hydrogen-bond donors (Lipinski definition) is 14. The van der Waals surface area contributed by atoms with E-state index in [1.54, 1.807) is 18.2 Å². The number of nitrogens with one attached hydrogen (secondary N) is 2. The Morgan fingerprint density at radius 2 is 1.39 bits per heavy atom. The number of nitrogens with two attached hydrogens (primary N) is 2. The lowest BCUT2D eigenvalue weighted by atomic mass is 10.0. The zero-order valence-corrected chi connectivity index (χ0v) is 30.5. The van der Waals surface area contributed by atoms with Crippen LogP contribution in [0.25, 0.3) is 11.0 Å². The summed E-state index contributed by atoms with van der Waals surface area (Å²) in [6, 6.07) is 5.00. The first kappa shape index (κ1) is 44.6. The molecule has 302 valence electrons. The molecule has 1 aromatic carbocycles. The predicted octanol–water partition coefficient (Wildman–Crippen LogP) is -5.59. The average molecular weight is 789 g/mol. The van der Waals surface area contributed by atoms with Crippen LogP contribution in [0.15, 0.2) is 18.2 Å². The van der Waals surface area contributed by atoms with E-state index in [-0.39, 0.29) is 47.7 Å². The number of hydrogen-bond acceptors (Lipinski definition) is 17. The van der Waals surface area contributed by atoms with Crippen LogP contribution in [-0.2, 0) is 19.6 Å². The number of imidazole rings is 1. The number of aliphatic hydroxyl groups excluding tert-OH is 10. The highest BCUT2D eigenvalue weighted by molar-refractivity contribution is 6.31. The minimum absolute atomic E-state index is 0.0444. The number of anilines is 2. The van der Waals surface area contributed by atoms with E-state index in [0.29, 0.717) is 24.4 Å². The molecule has 54 heavy (non-hydrogen) atoms. The molecule has 2 amide bonds. The van der Waals surface area contributed by atoms with E-state index in [4.69, 9.17) is 33.3 Å². The van der Waals surface area contributed by atoms with E-state index in [9.17, 15) is 50.4 Å². The zero-order chi connectivity index (χ0) is 40.4. The summed E-state index contributed by atoms with van der Waals surface area (Å²) in [6.45, 7) is 1.77. The molecule has 22 heteroatoms. The first-order valence-corrected chi connectivity index (χ1v) is 17.5. The lowest BCUT2D eigenvalue weighted by molar-refractivity contribution is -0.676. The highest BCUT2D eigenvalue weighted by atomic mass is 35.5. The van der Waals surface area contributed by atoms with Gasteiger partial charge in [0, 0.05) is 37.8 Å². The summed E-state index contributed by atoms with van der Waals surface area (Å²) < 4.78 is 3.86. The number of halogens is 1. The fraction of sp³-hybridized carbons (Fsp3) is 0.594. The number of aliphatic hydroxyl groups is 10. The molecule has 0 aliphatic heterocycles. The summed E-state index contributed by atoms with van der Waals surface area (Å²) in [4.78, 5) is 35.3. The van der Waals surface area contributed by atoms with Gasteiger partial charge in [0.15, 0.2) is 33.5 Å². The first-order valence-electron chi connectivity index (χ1n) is 17.1. The van der Waals surface area contributed by atoms with Gasteiger partial charge in [-0.05, 0) is 26.0 Å². The van der Waals surface area contributed by atoms with Crippen LogP contribution in [0.2, 0.25) is 5.15 Å². The van der Waals surface area contributed by atoms with Crippen molar-refractivity contribution in [1.29, 1.82) is 0 Å². The number of carbonyl (C=O) groups excluding carboxylic acids is 2. The quantitative estimate of drug-likeness (QED) is 0.0447. The van der Waals surface area contributed by atoms with E-state index >= 15 is 0 Å². The molecule has 21 nitrogen and oxygen atoms in total. The van der Waals surface area contributed by atoms with Crippen LogP contribution in [0.1, 0.15) is 40.5 Å². The number of aryl methyl sites for hydroxylation is 2. The predicted molar refractivity (Wildman–Crippen MR) is 192 cm³/mol. The molecule has 2 heterocycles. The van der Waals surface area contributed by atoms with E-state index in [1.165, 1.54) is 4.90 Å². The van der Waals surface area contributed by atoms with Crippen LogP contribution < -0.4 is 26.7 Å². The van der Waals surface area contributed by atoms with Gasteiger partial charge in [0.25, 0.3) is 17.6 Å². The summed E-state index contributed by atoms with van der Waals surface area (Å²) in [6.07, 6.45) is -14.9. The van der Waals surface area contributed by atoms with Crippen molar-refractivity contribution in [3.8, 4) is 0 Å². The lowest BCUT2D eigenvalue weighted by Gasteiger charge is -2.33. The van der Waals surface area contributed by atoms with E-state index in [0.717, 1.165) is 5.52 Å². The van der Waals surface area contributed by atoms with Gasteiger partial charge in [-0.1, -0.05) is 11.6 Å². The molecule has 0 saturated carbocycles. The fourth-order valence-corrected chi connectivity index (χ4v) is 5.97. The number of benzene rings is 1. The van der Waals surface area contributed by atoms with Gasteiger partial charge in [-0.3, -0.25) is 14.5 Å². The number of fused-ring (bicyclic) bond motifs is 1. The molecule has 0 bridgehead atoms. The van der Waals surface area contributed by atoms with Crippen molar-refractivity contribution >= 4 is 46.1 Å². The smallest absolute Gasteiger partial charge is 0.277 e. The van der Waals surface area contributed by atoms with Crippen molar-refractivity contribution in [3.63, 3.8) is 0 Å². The van der Waals surface area contributed by atoms with Crippen LogP contribution in [-0.4, -0.2) is 171 Å². The van der Waals surface area contributed by atoms with Gasteiger partial charge < -0.3 is 73.2 Å². The SMILES string of the molecule is CCn1c(CNC(=O)c2nc(Cl)c(N)nc2N)[n+](CC)c2ccc(C(=O)NCCN(C[C@H](O)[C@@H](O)[C@H](O)[C@H](O)CO)C[C@H](O)[C@@H](O)[C@H](O)[C@H](O)CO)cc21. The molecule has 0 fully saturated rings. The molecular weight excluding hydrogens is 738 g/mol. The second-order valence-electron chi connectivity index (χ2n) is 12.5. The van der Waals surface area contributed by atoms with Gasteiger partial charge in [0.2, 0.25) is 0 Å². The van der Waals surface area contributed by atoms with Crippen molar-refractivity contribution in [2.24, 2.45) is 0 Å². The number of nitrogens with zero attached hydrogens (tertiary/aromatic N) is 5. The molecule has 0 radical (unpaired) electrons. The standard InChI is InChI=1S/C32H50ClN9O12/c1-3-41-16-6-5-15(9-17(16)42(4-2)22(41)10-37-32(54)23-29(34)39-30(35)28(33)38-23)31(53)36-7-8-40(11-18(45)24(49)26(51)20(47)13-43)12-19(46)25(50)27(52)21(48)14-44/h5-6,9,18-21,24-27,43-52H,3-4,7-8,10-14H2,1-2H3,(H5-,34,35,36,37,39,53,54)/p+1/t18-,19-,20+,21+,24+,25+,26+,27+/m0/s1. The molecule has 3 rings (SSSR count). The number of carbonyl (C=O) groups is 2. The molecule has 16 N–H and O–H groups in total. The molecular formula is C32H51ClN9O12+. The Kier molecular flexibility index (Phi) is 16.7. The van der Waals surface area contributed by atoms with E-state index in [1.807, 2.05) is 23.0 Å². The van der Waals surface area contributed by atoms with Gasteiger partial charge in [0.05, 0.1) is 38.5 Å².